The zero-order valence-corrected chi connectivity index (χ0v) is 13.0. The van der Waals surface area contributed by atoms with Crippen LogP contribution in [-0.4, -0.2) is 10.8 Å². The first-order chi connectivity index (χ1) is 9.25. The summed E-state index contributed by atoms with van der Waals surface area (Å²) >= 11 is 2.43. The predicted molar refractivity (Wildman–Crippen MR) is 84.5 cm³/mol. The summed E-state index contributed by atoms with van der Waals surface area (Å²) < 4.78 is 1.36. The van der Waals surface area contributed by atoms with Crippen LogP contribution in [0.5, 0.6) is 0 Å². The Morgan fingerprint density at radius 1 is 1.11 bits per heavy atom. The zero-order chi connectivity index (χ0) is 13.2. The van der Waals surface area contributed by atoms with E-state index in [1.807, 2.05) is 23.1 Å². The lowest BCUT2D eigenvalue weighted by atomic mass is 9.77. The highest BCUT2D eigenvalue weighted by Gasteiger charge is 2.38. The minimum absolute atomic E-state index is 0.231. The number of carbonyl (C=O) groups is 1. The van der Waals surface area contributed by atoms with E-state index in [-0.39, 0.29) is 5.92 Å². The maximum atomic E-state index is 12.6. The van der Waals surface area contributed by atoms with Gasteiger partial charge < -0.3 is 4.90 Å². The summed E-state index contributed by atoms with van der Waals surface area (Å²) in [6.45, 7) is 0.704. The van der Waals surface area contributed by atoms with Gasteiger partial charge in [-0.2, -0.15) is 0 Å². The third kappa shape index (κ3) is 2.71. The summed E-state index contributed by atoms with van der Waals surface area (Å²) in [5, 5.41) is 0. The summed E-state index contributed by atoms with van der Waals surface area (Å²) in [5.74, 6) is 1.05. The molecule has 0 radical (unpaired) electrons. The van der Waals surface area contributed by atoms with Crippen molar-refractivity contribution in [3.8, 4) is 0 Å². The minimum Gasteiger partial charge on any atom is -0.314 e. The monoisotopic (exact) mass is 367 g/mol. The number of amides is 1. The van der Waals surface area contributed by atoms with Crippen LogP contribution in [0.4, 0.5) is 0 Å². The average molecular weight is 367 g/mol. The Morgan fingerprint density at radius 2 is 1.79 bits per heavy atom. The highest BCUT2D eigenvalue weighted by molar-refractivity contribution is 14.1. The summed E-state index contributed by atoms with van der Waals surface area (Å²) in [4.78, 5) is 14.5. The number of hydrogen-bond acceptors (Lipinski definition) is 1. The standard InChI is InChI=1S/C16H18INO/c17-15-11-18(10-12-6-2-1-3-7-12)16(19)14-9-5-4-8-13(14)15/h1-3,6-7,11,13-14H,4-5,8-10H2. The van der Waals surface area contributed by atoms with Gasteiger partial charge in [-0.15, -0.1) is 0 Å². The number of halogens is 1. The van der Waals surface area contributed by atoms with Crippen molar-refractivity contribution in [1.82, 2.24) is 4.90 Å². The lowest BCUT2D eigenvalue weighted by Crippen LogP contribution is -2.41. The molecule has 1 aromatic rings. The van der Waals surface area contributed by atoms with Crippen LogP contribution in [0.25, 0.3) is 0 Å². The van der Waals surface area contributed by atoms with Gasteiger partial charge in [0.15, 0.2) is 0 Å². The average Bonchev–Trinajstić information content (AvgIpc) is 2.46. The van der Waals surface area contributed by atoms with Crippen molar-refractivity contribution in [2.75, 3.05) is 0 Å². The van der Waals surface area contributed by atoms with Crippen molar-refractivity contribution in [3.05, 3.63) is 45.7 Å². The number of carbonyl (C=O) groups excluding carboxylic acids is 1. The van der Waals surface area contributed by atoms with Gasteiger partial charge in [-0.05, 0) is 41.0 Å². The Bertz CT molecular complexity index is 497. The molecule has 1 aromatic carbocycles. The number of benzene rings is 1. The van der Waals surface area contributed by atoms with Crippen LogP contribution in [0.15, 0.2) is 40.1 Å². The molecule has 2 aliphatic rings. The number of rotatable bonds is 2. The number of hydrogen-bond donors (Lipinski definition) is 0. The molecular formula is C16H18INO. The molecule has 0 aromatic heterocycles. The van der Waals surface area contributed by atoms with E-state index < -0.39 is 0 Å². The summed E-state index contributed by atoms with van der Waals surface area (Å²) in [6.07, 6.45) is 6.80. The first-order valence-corrected chi connectivity index (χ1v) is 8.05. The van der Waals surface area contributed by atoms with E-state index >= 15 is 0 Å². The van der Waals surface area contributed by atoms with E-state index in [9.17, 15) is 4.79 Å². The SMILES string of the molecule is O=C1C2CCCCC2C(I)=CN1Cc1ccccc1. The molecule has 1 aliphatic carbocycles. The molecule has 2 unspecified atom stereocenters. The largest absolute Gasteiger partial charge is 0.314 e. The van der Waals surface area contributed by atoms with Gasteiger partial charge in [0.05, 0.1) is 6.54 Å². The molecule has 1 heterocycles. The van der Waals surface area contributed by atoms with E-state index in [0.29, 0.717) is 18.4 Å². The first kappa shape index (κ1) is 13.2. The normalized spacial score (nSPS) is 26.9. The molecule has 0 spiro atoms. The van der Waals surface area contributed by atoms with Crippen LogP contribution in [0.3, 0.4) is 0 Å². The maximum absolute atomic E-state index is 12.6. The highest BCUT2D eigenvalue weighted by atomic mass is 127. The lowest BCUT2D eigenvalue weighted by Gasteiger charge is -2.38. The van der Waals surface area contributed by atoms with Gasteiger partial charge in [0, 0.05) is 21.6 Å². The number of allylic oxidation sites excluding steroid dienone is 1. The Kier molecular flexibility index (Phi) is 3.91. The third-order valence-electron chi connectivity index (χ3n) is 4.20. The molecule has 100 valence electrons. The molecule has 2 atom stereocenters. The van der Waals surface area contributed by atoms with Crippen LogP contribution in [-0.2, 0) is 11.3 Å². The molecule has 2 nitrogen and oxygen atoms in total. The Labute approximate surface area is 128 Å². The van der Waals surface area contributed by atoms with Crippen molar-refractivity contribution < 1.29 is 4.79 Å². The second kappa shape index (κ2) is 5.65. The summed E-state index contributed by atoms with van der Waals surface area (Å²) in [6, 6.07) is 10.2. The maximum Gasteiger partial charge on any atom is 0.230 e. The van der Waals surface area contributed by atoms with E-state index in [2.05, 4.69) is 40.9 Å². The smallest absolute Gasteiger partial charge is 0.230 e. The zero-order valence-electron chi connectivity index (χ0n) is 10.9. The quantitative estimate of drug-likeness (QED) is 0.721. The van der Waals surface area contributed by atoms with Crippen LogP contribution < -0.4 is 0 Å². The van der Waals surface area contributed by atoms with E-state index in [1.54, 1.807) is 0 Å². The van der Waals surface area contributed by atoms with E-state index in [1.165, 1.54) is 28.4 Å². The molecule has 1 aliphatic heterocycles. The Morgan fingerprint density at radius 3 is 2.53 bits per heavy atom. The molecule has 19 heavy (non-hydrogen) atoms. The lowest BCUT2D eigenvalue weighted by molar-refractivity contribution is -0.136. The van der Waals surface area contributed by atoms with Gasteiger partial charge in [0.1, 0.15) is 0 Å². The molecule has 1 fully saturated rings. The third-order valence-corrected chi connectivity index (χ3v) is 5.27. The van der Waals surface area contributed by atoms with Crippen LogP contribution in [0, 0.1) is 11.8 Å². The van der Waals surface area contributed by atoms with Crippen molar-refractivity contribution in [1.29, 1.82) is 0 Å². The van der Waals surface area contributed by atoms with Crippen molar-refractivity contribution in [3.63, 3.8) is 0 Å². The van der Waals surface area contributed by atoms with Crippen molar-refractivity contribution >= 4 is 28.5 Å². The predicted octanol–water partition coefficient (Wildman–Crippen LogP) is 4.11. The van der Waals surface area contributed by atoms with Gasteiger partial charge in [0.2, 0.25) is 5.91 Å². The van der Waals surface area contributed by atoms with Crippen LogP contribution in [0.2, 0.25) is 0 Å². The second-order valence-electron chi connectivity index (χ2n) is 5.46. The van der Waals surface area contributed by atoms with Crippen LogP contribution >= 0.6 is 22.6 Å². The molecule has 1 saturated carbocycles. The van der Waals surface area contributed by atoms with Crippen LogP contribution in [0.1, 0.15) is 31.2 Å². The highest BCUT2D eigenvalue weighted by Crippen LogP contribution is 2.42. The molecule has 0 saturated heterocycles. The van der Waals surface area contributed by atoms with Gasteiger partial charge in [-0.3, -0.25) is 4.79 Å². The fraction of sp³-hybridized carbons (Fsp3) is 0.438. The van der Waals surface area contributed by atoms with Gasteiger partial charge in [0.25, 0.3) is 0 Å². The van der Waals surface area contributed by atoms with E-state index in [0.717, 1.165) is 6.42 Å². The fourth-order valence-corrected chi connectivity index (χ4v) is 4.26. The van der Waals surface area contributed by atoms with Gasteiger partial charge >= 0.3 is 0 Å². The number of nitrogens with zero attached hydrogens (tertiary/aromatic N) is 1. The summed E-state index contributed by atoms with van der Waals surface area (Å²) in [5.41, 5.74) is 1.20. The van der Waals surface area contributed by atoms with Gasteiger partial charge in [-0.1, -0.05) is 43.2 Å². The minimum atomic E-state index is 0.231. The first-order valence-electron chi connectivity index (χ1n) is 6.97. The fourth-order valence-electron chi connectivity index (χ4n) is 3.18. The van der Waals surface area contributed by atoms with E-state index in [4.69, 9.17) is 0 Å². The molecule has 3 heteroatoms. The number of fused-ring (bicyclic) bond motifs is 1. The van der Waals surface area contributed by atoms with Gasteiger partial charge in [-0.25, -0.2) is 0 Å². The van der Waals surface area contributed by atoms with Crippen molar-refractivity contribution in [2.24, 2.45) is 11.8 Å². The van der Waals surface area contributed by atoms with Crippen molar-refractivity contribution in [2.45, 2.75) is 32.2 Å². The molecule has 0 bridgehead atoms. The molecular weight excluding hydrogens is 349 g/mol. The second-order valence-corrected chi connectivity index (χ2v) is 6.71. The summed E-state index contributed by atoms with van der Waals surface area (Å²) in [7, 11) is 0. The Hall–Kier alpha value is -0.840. The Balaban J connectivity index is 1.82. The molecule has 3 rings (SSSR count). The topological polar surface area (TPSA) is 20.3 Å². The molecule has 0 N–H and O–H groups in total. The molecule has 1 amide bonds.